The van der Waals surface area contributed by atoms with Crippen molar-refractivity contribution in [2.75, 3.05) is 9.80 Å². The largest absolute Gasteiger partial charge is 0.311 e. The summed E-state index contributed by atoms with van der Waals surface area (Å²) in [6.07, 6.45) is 0. The first-order chi connectivity index (χ1) is 36.7. The van der Waals surface area contributed by atoms with Crippen LogP contribution in [0, 0.1) is 34.6 Å². The molecule has 0 fully saturated rings. The fourth-order valence-electron chi connectivity index (χ4n) is 12.6. The molecule has 0 N–H and O–H groups in total. The Kier molecular flexibility index (Phi) is 12.8. The van der Waals surface area contributed by atoms with Gasteiger partial charge in [0.1, 0.15) is 0 Å². The van der Waals surface area contributed by atoms with Crippen molar-refractivity contribution in [1.82, 2.24) is 0 Å². The molecule has 0 aromatic heterocycles. The van der Waals surface area contributed by atoms with Crippen molar-refractivity contribution in [2.24, 2.45) is 0 Å². The molecular weight excluding hydrogens is 940 g/mol. The average molecular weight is 1020 g/mol. The van der Waals surface area contributed by atoms with Gasteiger partial charge in [-0.2, -0.15) is 0 Å². The highest BCUT2D eigenvalue weighted by molar-refractivity contribution is 7.00. The maximum atomic E-state index is 2.65. The first-order valence-electron chi connectivity index (χ1n) is 28.4. The number of anilines is 6. The minimum atomic E-state index is -0.0748. The maximum Gasteiger partial charge on any atom is 0.252 e. The Balaban J connectivity index is 1.23. The van der Waals surface area contributed by atoms with Crippen molar-refractivity contribution in [1.29, 1.82) is 0 Å². The van der Waals surface area contributed by atoms with Crippen LogP contribution in [-0.2, 0) is 21.7 Å². The molecule has 2 aliphatic heterocycles. The second-order valence-electron chi connectivity index (χ2n) is 27.1. The zero-order chi connectivity index (χ0) is 55.5. The Morgan fingerprint density at radius 2 is 0.615 bits per heavy atom. The Bertz CT molecular complexity index is 3470. The number of nitrogens with zero attached hydrogens (tertiary/aromatic N) is 2. The van der Waals surface area contributed by atoms with E-state index in [1.54, 1.807) is 0 Å². The summed E-state index contributed by atoms with van der Waals surface area (Å²) in [7, 11) is 0. The van der Waals surface area contributed by atoms with E-state index in [-0.39, 0.29) is 28.4 Å². The molecule has 2 nitrogen and oxygen atoms in total. The highest BCUT2D eigenvalue weighted by atomic mass is 15.2. The Morgan fingerprint density at radius 1 is 0.295 bits per heavy atom. The van der Waals surface area contributed by atoms with E-state index in [4.69, 9.17) is 0 Å². The maximum absolute atomic E-state index is 2.65. The van der Waals surface area contributed by atoms with E-state index in [2.05, 4.69) is 297 Å². The van der Waals surface area contributed by atoms with Crippen molar-refractivity contribution in [2.45, 2.75) is 139 Å². The van der Waals surface area contributed by atoms with E-state index in [0.717, 1.165) is 0 Å². The molecule has 0 unspecified atom stereocenters. The second-order valence-corrected chi connectivity index (χ2v) is 27.1. The van der Waals surface area contributed by atoms with E-state index < -0.39 is 0 Å². The van der Waals surface area contributed by atoms with Gasteiger partial charge in [-0.05, 0) is 216 Å². The van der Waals surface area contributed by atoms with Gasteiger partial charge >= 0.3 is 0 Å². The van der Waals surface area contributed by atoms with Crippen LogP contribution in [0.3, 0.4) is 0 Å². The van der Waals surface area contributed by atoms with E-state index in [9.17, 15) is 0 Å². The third kappa shape index (κ3) is 9.42. The number of rotatable bonds is 6. The number of benzene rings is 9. The van der Waals surface area contributed by atoms with Crippen molar-refractivity contribution >= 4 is 57.2 Å². The normalized spacial score (nSPS) is 13.4. The molecule has 0 saturated heterocycles. The first-order valence-corrected chi connectivity index (χ1v) is 28.4. The van der Waals surface area contributed by atoms with Gasteiger partial charge in [-0.3, -0.25) is 0 Å². The summed E-state index contributed by atoms with van der Waals surface area (Å²) in [6.45, 7) is 39.7. The molecule has 9 aromatic rings. The molecule has 11 rings (SSSR count). The molecule has 0 spiro atoms. The van der Waals surface area contributed by atoms with Crippen molar-refractivity contribution in [3.63, 3.8) is 0 Å². The predicted octanol–water partition coefficient (Wildman–Crippen LogP) is 19.2. The summed E-state index contributed by atoms with van der Waals surface area (Å²) in [5.74, 6) is 0. The molecule has 0 aliphatic carbocycles. The number of fused-ring (bicyclic) bond motifs is 4. The summed E-state index contributed by atoms with van der Waals surface area (Å²) in [5, 5.41) is 0. The van der Waals surface area contributed by atoms with Crippen molar-refractivity contribution in [3.05, 3.63) is 220 Å². The molecule has 2 heterocycles. The van der Waals surface area contributed by atoms with Crippen molar-refractivity contribution < 1.29 is 0 Å². The Morgan fingerprint density at radius 3 is 0.923 bits per heavy atom. The van der Waals surface area contributed by atoms with Crippen LogP contribution in [0.2, 0.25) is 0 Å². The van der Waals surface area contributed by atoms with Crippen LogP contribution in [-0.4, -0.2) is 6.71 Å². The van der Waals surface area contributed by atoms with Gasteiger partial charge < -0.3 is 9.80 Å². The lowest BCUT2D eigenvalue weighted by Crippen LogP contribution is -2.61. The summed E-state index contributed by atoms with van der Waals surface area (Å²) in [6, 6.07) is 65.9. The van der Waals surface area contributed by atoms with Crippen LogP contribution >= 0.6 is 0 Å². The highest BCUT2D eigenvalue weighted by Gasteiger charge is 2.44. The Hall–Kier alpha value is -7.36. The second kappa shape index (κ2) is 18.9. The fourth-order valence-corrected chi connectivity index (χ4v) is 12.6. The molecule has 0 saturated carbocycles. The number of hydrogen-bond acceptors (Lipinski definition) is 2. The topological polar surface area (TPSA) is 6.48 Å². The molecule has 0 amide bonds. The standard InChI is InChI=1S/C75H79BN2/c1-46-32-67-71-68(33-46)78(62-44-59(74(12,13)14)41-60(45-62)75(15,16)17)66-39-54(70-49(4)36-56(37-50(70)5)52-26-22-19-23-27-52)29-31-64(66)76(71)63-30-28-53(69-47(2)34-55(35-48(69)3)51-24-20-18-21-25-51)38-65(63)77(67)61-42-57(72(6,7)8)40-58(43-61)73(9,10)11/h18-45H,1-17H3. The average Bonchev–Trinajstić information content (AvgIpc) is 1.90. The third-order valence-corrected chi connectivity index (χ3v) is 16.9. The van der Waals surface area contributed by atoms with Gasteiger partial charge in [-0.15, -0.1) is 0 Å². The quantitative estimate of drug-likeness (QED) is 0.153. The lowest BCUT2D eigenvalue weighted by atomic mass is 9.33. The molecule has 3 heteroatoms. The first kappa shape index (κ1) is 52.7. The summed E-state index contributed by atoms with van der Waals surface area (Å²) in [5.41, 5.74) is 32.8. The summed E-state index contributed by atoms with van der Waals surface area (Å²) in [4.78, 5) is 5.30. The zero-order valence-electron chi connectivity index (χ0n) is 49.6. The Labute approximate surface area is 468 Å². The van der Waals surface area contributed by atoms with E-state index in [1.807, 2.05) is 0 Å². The third-order valence-electron chi connectivity index (χ3n) is 16.9. The van der Waals surface area contributed by atoms with Gasteiger partial charge in [0.15, 0.2) is 0 Å². The van der Waals surface area contributed by atoms with E-state index in [1.165, 1.54) is 145 Å². The van der Waals surface area contributed by atoms with Gasteiger partial charge in [-0.25, -0.2) is 0 Å². The minimum absolute atomic E-state index is 0.0396. The van der Waals surface area contributed by atoms with Gasteiger partial charge in [0.05, 0.1) is 0 Å². The smallest absolute Gasteiger partial charge is 0.252 e. The summed E-state index contributed by atoms with van der Waals surface area (Å²) < 4.78 is 0. The summed E-state index contributed by atoms with van der Waals surface area (Å²) >= 11 is 0. The van der Waals surface area contributed by atoms with Crippen LogP contribution < -0.4 is 26.2 Å². The SMILES string of the molecule is Cc1cc2c3c(c1)N(c1cc(C(C)(C)C)cc(C(C)(C)C)c1)c1cc(-c4c(C)cc(-c5ccccc5)cc4C)ccc1B3c1ccc(-c3c(C)cc(-c4ccccc4)cc3C)cc1N2c1cc(C(C)(C)C)cc(C(C)(C)C)c1. The molecule has 0 radical (unpaired) electrons. The lowest BCUT2D eigenvalue weighted by molar-refractivity contribution is 0.568. The molecule has 392 valence electrons. The monoisotopic (exact) mass is 1020 g/mol. The van der Waals surface area contributed by atoms with Crippen LogP contribution in [0.5, 0.6) is 0 Å². The van der Waals surface area contributed by atoms with Gasteiger partial charge in [0.2, 0.25) is 0 Å². The number of hydrogen-bond donors (Lipinski definition) is 0. The highest BCUT2D eigenvalue weighted by Crippen LogP contribution is 2.49. The molecule has 2 aliphatic rings. The van der Waals surface area contributed by atoms with Crippen LogP contribution in [0.15, 0.2) is 170 Å². The minimum Gasteiger partial charge on any atom is -0.311 e. The van der Waals surface area contributed by atoms with Crippen LogP contribution in [0.25, 0.3) is 44.5 Å². The zero-order valence-corrected chi connectivity index (χ0v) is 49.6. The van der Waals surface area contributed by atoms with Gasteiger partial charge in [0, 0.05) is 34.1 Å². The molecule has 0 atom stereocenters. The predicted molar refractivity (Wildman–Crippen MR) is 341 cm³/mol. The fraction of sp³-hybridized carbons (Fsp3) is 0.280. The van der Waals surface area contributed by atoms with Crippen LogP contribution in [0.1, 0.15) is 133 Å². The molecular formula is C75H79BN2. The lowest BCUT2D eigenvalue weighted by Gasteiger charge is -2.45. The number of aryl methyl sites for hydroxylation is 5. The van der Waals surface area contributed by atoms with Gasteiger partial charge in [0.25, 0.3) is 6.71 Å². The molecule has 9 aromatic carbocycles. The van der Waals surface area contributed by atoms with E-state index in [0.29, 0.717) is 0 Å². The molecule has 78 heavy (non-hydrogen) atoms. The van der Waals surface area contributed by atoms with Crippen LogP contribution in [0.4, 0.5) is 34.1 Å². The van der Waals surface area contributed by atoms with E-state index >= 15 is 0 Å². The molecule has 0 bridgehead atoms. The van der Waals surface area contributed by atoms with Crippen molar-refractivity contribution in [3.8, 4) is 44.5 Å². The van der Waals surface area contributed by atoms with Gasteiger partial charge in [-0.1, -0.05) is 204 Å².